The van der Waals surface area contributed by atoms with Crippen molar-refractivity contribution < 1.29 is 27.9 Å². The van der Waals surface area contributed by atoms with Crippen molar-refractivity contribution in [2.24, 2.45) is 5.92 Å². The summed E-state index contributed by atoms with van der Waals surface area (Å²) in [6.07, 6.45) is -2.36. The second kappa shape index (κ2) is 6.68. The topological polar surface area (TPSA) is 57.6 Å². The smallest absolute Gasteiger partial charge is 0.425 e. The van der Waals surface area contributed by atoms with Crippen LogP contribution in [-0.2, 0) is 11.0 Å². The highest BCUT2D eigenvalue weighted by atomic mass is 32.1. The highest BCUT2D eigenvalue weighted by molar-refractivity contribution is 7.10. The molecule has 0 spiro atoms. The van der Waals surface area contributed by atoms with Crippen molar-refractivity contribution >= 4 is 23.2 Å². The Morgan fingerprint density at radius 2 is 1.95 bits per heavy atom. The molecule has 2 heterocycles. The van der Waals surface area contributed by atoms with Crippen LogP contribution < -0.4 is 0 Å². The van der Waals surface area contributed by atoms with Crippen molar-refractivity contribution in [2.75, 3.05) is 13.1 Å². The van der Waals surface area contributed by atoms with E-state index < -0.39 is 17.0 Å². The van der Waals surface area contributed by atoms with Crippen molar-refractivity contribution in [3.63, 3.8) is 0 Å². The molecule has 1 aliphatic rings. The average Bonchev–Trinajstić information content (AvgIpc) is 2.94. The number of halogens is 3. The number of carboxylic acids is 1. The summed E-state index contributed by atoms with van der Waals surface area (Å²) in [5, 5.41) is 9.88. The number of carbonyl (C=O) groups is 2. The third-order valence-corrected chi connectivity index (χ3v) is 4.77. The molecule has 1 N–H and O–H groups in total. The third kappa shape index (κ3) is 4.22. The number of thiophene rings is 1. The van der Waals surface area contributed by atoms with Gasteiger partial charge in [0.25, 0.3) is 5.91 Å². The van der Waals surface area contributed by atoms with Crippen LogP contribution in [0.15, 0.2) is 11.4 Å². The SMILES string of the molecule is O=C(O)CCC1CCN(C(=O)c2csc(C(F)(F)F)c2)CC1. The monoisotopic (exact) mass is 335 g/mol. The molecule has 1 fully saturated rings. The molecule has 0 saturated carbocycles. The Morgan fingerprint density at radius 1 is 1.32 bits per heavy atom. The molecule has 8 heteroatoms. The van der Waals surface area contributed by atoms with Gasteiger partial charge in [-0.25, -0.2) is 0 Å². The van der Waals surface area contributed by atoms with Crippen LogP contribution in [0.2, 0.25) is 0 Å². The highest BCUT2D eigenvalue weighted by Crippen LogP contribution is 2.34. The maximum absolute atomic E-state index is 12.5. The van der Waals surface area contributed by atoms with E-state index in [1.54, 1.807) is 4.90 Å². The Labute approximate surface area is 129 Å². The Hall–Kier alpha value is -1.57. The Bertz CT molecular complexity index is 548. The average molecular weight is 335 g/mol. The van der Waals surface area contributed by atoms with E-state index in [0.717, 1.165) is 6.07 Å². The van der Waals surface area contributed by atoms with Crippen molar-refractivity contribution in [1.82, 2.24) is 4.90 Å². The molecule has 0 atom stereocenters. The van der Waals surface area contributed by atoms with Crippen LogP contribution >= 0.6 is 11.3 Å². The Kier molecular flexibility index (Phi) is 5.10. The van der Waals surface area contributed by atoms with Gasteiger partial charge in [0.15, 0.2) is 0 Å². The quantitative estimate of drug-likeness (QED) is 0.916. The molecular formula is C14H16F3NO3S. The molecule has 1 amide bonds. The first-order valence-corrected chi connectivity index (χ1v) is 7.82. The zero-order valence-electron chi connectivity index (χ0n) is 11.7. The zero-order chi connectivity index (χ0) is 16.3. The van der Waals surface area contributed by atoms with E-state index >= 15 is 0 Å². The van der Waals surface area contributed by atoms with E-state index in [1.165, 1.54) is 5.38 Å². The normalized spacial score (nSPS) is 16.8. The predicted molar refractivity (Wildman–Crippen MR) is 74.8 cm³/mol. The van der Waals surface area contributed by atoms with Crippen LogP contribution in [0.3, 0.4) is 0 Å². The molecular weight excluding hydrogens is 319 g/mol. The molecule has 0 unspecified atom stereocenters. The summed E-state index contributed by atoms with van der Waals surface area (Å²) in [6.45, 7) is 0.917. The number of carboxylic acid groups (broad SMARTS) is 1. The number of rotatable bonds is 4. The third-order valence-electron chi connectivity index (χ3n) is 3.79. The number of alkyl halides is 3. The molecule has 122 valence electrons. The Balaban J connectivity index is 1.90. The van der Waals surface area contributed by atoms with Gasteiger partial charge < -0.3 is 10.0 Å². The van der Waals surface area contributed by atoms with Gasteiger partial charge >= 0.3 is 12.1 Å². The summed E-state index contributed by atoms with van der Waals surface area (Å²) in [5.41, 5.74) is 0.0707. The Morgan fingerprint density at radius 3 is 2.45 bits per heavy atom. The number of aliphatic carboxylic acids is 1. The minimum atomic E-state index is -4.42. The van der Waals surface area contributed by atoms with Crippen molar-refractivity contribution in [3.8, 4) is 0 Å². The van der Waals surface area contributed by atoms with E-state index in [2.05, 4.69) is 0 Å². The second-order valence-electron chi connectivity index (χ2n) is 5.37. The van der Waals surface area contributed by atoms with E-state index in [9.17, 15) is 22.8 Å². The van der Waals surface area contributed by atoms with Crippen LogP contribution in [0.1, 0.15) is 40.9 Å². The lowest BCUT2D eigenvalue weighted by atomic mass is 9.92. The van der Waals surface area contributed by atoms with Gasteiger partial charge in [-0.15, -0.1) is 11.3 Å². The lowest BCUT2D eigenvalue weighted by molar-refractivity contribution is -0.137. The standard InChI is InChI=1S/C14H16F3NO3S/c15-14(16,17)11-7-10(8-22-11)13(21)18-5-3-9(4-6-18)1-2-12(19)20/h7-9H,1-6H2,(H,19,20). The fourth-order valence-electron chi connectivity index (χ4n) is 2.53. The second-order valence-corrected chi connectivity index (χ2v) is 6.28. The van der Waals surface area contributed by atoms with Gasteiger partial charge in [0, 0.05) is 24.9 Å². The molecule has 1 aromatic heterocycles. The van der Waals surface area contributed by atoms with Gasteiger partial charge in [0.1, 0.15) is 4.88 Å². The summed E-state index contributed by atoms with van der Waals surface area (Å²) in [6, 6.07) is 0.892. The molecule has 2 rings (SSSR count). The highest BCUT2D eigenvalue weighted by Gasteiger charge is 2.34. The number of likely N-dealkylation sites (tertiary alicyclic amines) is 1. The predicted octanol–water partition coefficient (Wildman–Crippen LogP) is 3.48. The molecule has 0 aliphatic carbocycles. The molecule has 4 nitrogen and oxygen atoms in total. The van der Waals surface area contributed by atoms with Crippen LogP contribution in [0, 0.1) is 5.92 Å². The molecule has 1 aliphatic heterocycles. The zero-order valence-corrected chi connectivity index (χ0v) is 12.5. The van der Waals surface area contributed by atoms with Crippen LogP contribution in [0.5, 0.6) is 0 Å². The summed E-state index contributed by atoms with van der Waals surface area (Å²) in [4.78, 5) is 23.5. The van der Waals surface area contributed by atoms with Crippen molar-refractivity contribution in [1.29, 1.82) is 0 Å². The fourth-order valence-corrected chi connectivity index (χ4v) is 3.28. The number of amides is 1. The van der Waals surface area contributed by atoms with Crippen LogP contribution in [-0.4, -0.2) is 35.0 Å². The number of hydrogen-bond acceptors (Lipinski definition) is 3. The number of nitrogens with zero attached hydrogens (tertiary/aromatic N) is 1. The minimum Gasteiger partial charge on any atom is -0.481 e. The van der Waals surface area contributed by atoms with Crippen LogP contribution in [0.4, 0.5) is 13.2 Å². The lowest BCUT2D eigenvalue weighted by Crippen LogP contribution is -2.38. The molecule has 22 heavy (non-hydrogen) atoms. The van der Waals surface area contributed by atoms with Gasteiger partial charge in [0.05, 0.1) is 5.56 Å². The number of hydrogen-bond donors (Lipinski definition) is 1. The summed E-state index contributed by atoms with van der Waals surface area (Å²) in [7, 11) is 0. The van der Waals surface area contributed by atoms with Crippen molar-refractivity contribution in [2.45, 2.75) is 31.9 Å². The van der Waals surface area contributed by atoms with Crippen molar-refractivity contribution in [3.05, 3.63) is 21.9 Å². The summed E-state index contributed by atoms with van der Waals surface area (Å²) >= 11 is 0.523. The first-order chi connectivity index (χ1) is 10.3. The fraction of sp³-hybridized carbons (Fsp3) is 0.571. The van der Waals surface area contributed by atoms with E-state index in [-0.39, 0.29) is 23.8 Å². The molecule has 0 radical (unpaired) electrons. The van der Waals surface area contributed by atoms with Gasteiger partial charge in [-0.3, -0.25) is 9.59 Å². The van der Waals surface area contributed by atoms with E-state index in [0.29, 0.717) is 43.7 Å². The lowest BCUT2D eigenvalue weighted by Gasteiger charge is -2.31. The maximum atomic E-state index is 12.5. The first kappa shape index (κ1) is 16.8. The van der Waals surface area contributed by atoms with Gasteiger partial charge in [-0.05, 0) is 31.2 Å². The van der Waals surface area contributed by atoms with E-state index in [4.69, 9.17) is 5.11 Å². The summed E-state index contributed by atoms with van der Waals surface area (Å²) in [5.74, 6) is -0.965. The van der Waals surface area contributed by atoms with Gasteiger partial charge in [0.2, 0.25) is 0 Å². The number of piperidine rings is 1. The van der Waals surface area contributed by atoms with Gasteiger partial charge in [-0.2, -0.15) is 13.2 Å². The largest absolute Gasteiger partial charge is 0.481 e. The van der Waals surface area contributed by atoms with Gasteiger partial charge in [-0.1, -0.05) is 0 Å². The molecule has 0 aromatic carbocycles. The molecule has 1 saturated heterocycles. The van der Waals surface area contributed by atoms with E-state index in [1.807, 2.05) is 0 Å². The maximum Gasteiger partial charge on any atom is 0.425 e. The first-order valence-electron chi connectivity index (χ1n) is 6.94. The minimum absolute atomic E-state index is 0.0707. The summed E-state index contributed by atoms with van der Waals surface area (Å²) < 4.78 is 37.6. The molecule has 0 bridgehead atoms. The number of carbonyl (C=O) groups excluding carboxylic acids is 1. The van der Waals surface area contributed by atoms with Crippen LogP contribution in [0.25, 0.3) is 0 Å². The molecule has 1 aromatic rings.